The van der Waals surface area contributed by atoms with Crippen molar-refractivity contribution in [3.8, 4) is 17.2 Å². The van der Waals surface area contributed by atoms with Crippen molar-refractivity contribution in [2.75, 3.05) is 34.4 Å². The van der Waals surface area contributed by atoms with Gasteiger partial charge in [0.15, 0.2) is 11.5 Å². The first-order valence-electron chi connectivity index (χ1n) is 7.47. The quantitative estimate of drug-likeness (QED) is 0.730. The number of nitrogens with two attached hydrogens (primary N) is 1. The molecule has 0 spiro atoms. The molecular weight excluding hydrogens is 268 g/mol. The Labute approximate surface area is 126 Å². The number of ether oxygens (including phenoxy) is 3. The second-order valence-electron chi connectivity index (χ2n) is 5.40. The molecule has 1 aromatic carbocycles. The normalized spacial score (nSPS) is 15.6. The van der Waals surface area contributed by atoms with Crippen molar-refractivity contribution in [3.63, 3.8) is 0 Å². The maximum Gasteiger partial charge on any atom is 0.203 e. The van der Waals surface area contributed by atoms with Crippen molar-refractivity contribution in [2.45, 2.75) is 25.3 Å². The summed E-state index contributed by atoms with van der Waals surface area (Å²) >= 11 is 0. The zero-order chi connectivity index (χ0) is 15.2. The van der Waals surface area contributed by atoms with Crippen molar-refractivity contribution in [3.05, 3.63) is 17.7 Å². The molecule has 0 heterocycles. The number of hydrogen-bond acceptors (Lipinski definition) is 5. The maximum absolute atomic E-state index is 5.93. The van der Waals surface area contributed by atoms with Gasteiger partial charge in [-0.05, 0) is 31.0 Å². The van der Waals surface area contributed by atoms with Crippen LogP contribution in [0, 0.1) is 5.92 Å². The van der Waals surface area contributed by atoms with Crippen LogP contribution in [0.1, 0.15) is 30.9 Å². The summed E-state index contributed by atoms with van der Waals surface area (Å²) in [5, 5.41) is 3.52. The fourth-order valence-corrected chi connectivity index (χ4v) is 2.59. The predicted molar refractivity (Wildman–Crippen MR) is 83.2 cm³/mol. The first-order valence-corrected chi connectivity index (χ1v) is 7.47. The van der Waals surface area contributed by atoms with Gasteiger partial charge in [-0.25, -0.2) is 0 Å². The topological polar surface area (TPSA) is 65.7 Å². The van der Waals surface area contributed by atoms with Gasteiger partial charge in [-0.15, -0.1) is 0 Å². The van der Waals surface area contributed by atoms with E-state index in [1.807, 2.05) is 12.1 Å². The first-order chi connectivity index (χ1) is 10.2. The zero-order valence-electron chi connectivity index (χ0n) is 13.1. The van der Waals surface area contributed by atoms with E-state index in [-0.39, 0.29) is 6.04 Å². The SMILES string of the molecule is COc1ccc(C(CN)NCCC2CC2)c(OC)c1OC. The maximum atomic E-state index is 5.93. The van der Waals surface area contributed by atoms with Crippen LogP contribution in [-0.4, -0.2) is 34.4 Å². The summed E-state index contributed by atoms with van der Waals surface area (Å²) in [4.78, 5) is 0. The second-order valence-corrected chi connectivity index (χ2v) is 5.40. The molecule has 1 aliphatic rings. The van der Waals surface area contributed by atoms with E-state index >= 15 is 0 Å². The van der Waals surface area contributed by atoms with E-state index < -0.39 is 0 Å². The minimum atomic E-state index is 0.0542. The molecular formula is C16H26N2O3. The van der Waals surface area contributed by atoms with Gasteiger partial charge in [-0.2, -0.15) is 0 Å². The second kappa shape index (κ2) is 7.52. The molecule has 21 heavy (non-hydrogen) atoms. The highest BCUT2D eigenvalue weighted by Gasteiger charge is 2.23. The van der Waals surface area contributed by atoms with Gasteiger partial charge in [0.2, 0.25) is 5.75 Å². The molecule has 2 rings (SSSR count). The van der Waals surface area contributed by atoms with Gasteiger partial charge in [-0.1, -0.05) is 12.8 Å². The Balaban J connectivity index is 2.17. The Kier molecular flexibility index (Phi) is 5.70. The van der Waals surface area contributed by atoms with Crippen LogP contribution in [0.15, 0.2) is 12.1 Å². The Hall–Kier alpha value is -1.46. The van der Waals surface area contributed by atoms with E-state index in [4.69, 9.17) is 19.9 Å². The van der Waals surface area contributed by atoms with Crippen molar-refractivity contribution in [1.29, 1.82) is 0 Å². The van der Waals surface area contributed by atoms with Gasteiger partial charge < -0.3 is 25.3 Å². The van der Waals surface area contributed by atoms with Crippen LogP contribution in [0.4, 0.5) is 0 Å². The summed E-state index contributed by atoms with van der Waals surface area (Å²) in [7, 11) is 4.87. The molecule has 118 valence electrons. The number of methoxy groups -OCH3 is 3. The summed E-state index contributed by atoms with van der Waals surface area (Å²) < 4.78 is 16.3. The van der Waals surface area contributed by atoms with Gasteiger partial charge in [0.05, 0.1) is 21.3 Å². The molecule has 0 bridgehead atoms. The first kappa shape index (κ1) is 15.9. The van der Waals surface area contributed by atoms with Crippen LogP contribution in [0.3, 0.4) is 0 Å². The van der Waals surface area contributed by atoms with Gasteiger partial charge >= 0.3 is 0 Å². The molecule has 0 aliphatic heterocycles. The van der Waals surface area contributed by atoms with Crippen LogP contribution in [0.25, 0.3) is 0 Å². The van der Waals surface area contributed by atoms with Gasteiger partial charge in [-0.3, -0.25) is 0 Å². The summed E-state index contributed by atoms with van der Waals surface area (Å²) in [5.74, 6) is 2.86. The molecule has 3 N–H and O–H groups in total. The Morgan fingerprint density at radius 2 is 1.86 bits per heavy atom. The van der Waals surface area contributed by atoms with Crippen LogP contribution >= 0.6 is 0 Å². The lowest BCUT2D eigenvalue weighted by Crippen LogP contribution is -2.29. The van der Waals surface area contributed by atoms with Gasteiger partial charge in [0.25, 0.3) is 0 Å². The number of hydrogen-bond donors (Lipinski definition) is 2. The Morgan fingerprint density at radius 1 is 1.14 bits per heavy atom. The fourth-order valence-electron chi connectivity index (χ4n) is 2.59. The number of rotatable bonds is 9. The molecule has 1 fully saturated rings. The molecule has 1 saturated carbocycles. The summed E-state index contributed by atoms with van der Waals surface area (Å²) in [5.41, 5.74) is 6.94. The highest BCUT2D eigenvalue weighted by Crippen LogP contribution is 2.42. The number of benzene rings is 1. The summed E-state index contributed by atoms with van der Waals surface area (Å²) in [6.07, 6.45) is 3.95. The van der Waals surface area contributed by atoms with Crippen LogP contribution in [0.5, 0.6) is 17.2 Å². The molecule has 0 amide bonds. The highest BCUT2D eigenvalue weighted by molar-refractivity contribution is 5.56. The zero-order valence-corrected chi connectivity index (χ0v) is 13.1. The smallest absolute Gasteiger partial charge is 0.203 e. The molecule has 1 aliphatic carbocycles. The Bertz CT molecular complexity index is 461. The summed E-state index contributed by atoms with van der Waals surface area (Å²) in [6.45, 7) is 1.49. The lowest BCUT2D eigenvalue weighted by Gasteiger charge is -2.22. The van der Waals surface area contributed by atoms with E-state index in [1.165, 1.54) is 19.3 Å². The van der Waals surface area contributed by atoms with Crippen molar-refractivity contribution in [2.24, 2.45) is 11.7 Å². The van der Waals surface area contributed by atoms with Crippen molar-refractivity contribution in [1.82, 2.24) is 5.32 Å². The Morgan fingerprint density at radius 3 is 2.38 bits per heavy atom. The largest absolute Gasteiger partial charge is 0.493 e. The van der Waals surface area contributed by atoms with Crippen molar-refractivity contribution >= 4 is 0 Å². The van der Waals surface area contributed by atoms with E-state index in [2.05, 4.69) is 5.32 Å². The van der Waals surface area contributed by atoms with Crippen LogP contribution in [0.2, 0.25) is 0 Å². The highest BCUT2D eigenvalue weighted by atomic mass is 16.5. The van der Waals surface area contributed by atoms with E-state index in [0.717, 1.165) is 18.0 Å². The van der Waals surface area contributed by atoms with E-state index in [9.17, 15) is 0 Å². The minimum Gasteiger partial charge on any atom is -0.493 e. The molecule has 5 heteroatoms. The predicted octanol–water partition coefficient (Wildman–Crippen LogP) is 2.10. The van der Waals surface area contributed by atoms with Gasteiger partial charge in [0.1, 0.15) is 0 Å². The van der Waals surface area contributed by atoms with Crippen LogP contribution < -0.4 is 25.3 Å². The lowest BCUT2D eigenvalue weighted by atomic mass is 10.0. The van der Waals surface area contributed by atoms with Gasteiger partial charge in [0, 0.05) is 18.2 Å². The fraction of sp³-hybridized carbons (Fsp3) is 0.625. The molecule has 1 atom stereocenters. The van der Waals surface area contributed by atoms with Crippen molar-refractivity contribution < 1.29 is 14.2 Å². The van der Waals surface area contributed by atoms with E-state index in [1.54, 1.807) is 21.3 Å². The monoisotopic (exact) mass is 294 g/mol. The third kappa shape index (κ3) is 3.80. The lowest BCUT2D eigenvalue weighted by molar-refractivity contribution is 0.319. The molecule has 5 nitrogen and oxygen atoms in total. The van der Waals surface area contributed by atoms with Crippen LogP contribution in [-0.2, 0) is 0 Å². The molecule has 1 aromatic rings. The molecule has 1 unspecified atom stereocenters. The van der Waals surface area contributed by atoms with E-state index in [0.29, 0.717) is 23.8 Å². The average Bonchev–Trinajstić information content (AvgIpc) is 3.34. The third-order valence-corrected chi connectivity index (χ3v) is 3.99. The standard InChI is InChI=1S/C16H26N2O3/c1-19-14-7-6-12(15(20-2)16(14)21-3)13(10-17)18-9-8-11-4-5-11/h6-7,11,13,18H,4-5,8-10,17H2,1-3H3. The average molecular weight is 294 g/mol. The number of nitrogens with one attached hydrogen (secondary N) is 1. The summed E-state index contributed by atoms with van der Waals surface area (Å²) in [6, 6.07) is 3.93. The molecule has 0 aromatic heterocycles. The molecule has 0 saturated heterocycles. The third-order valence-electron chi connectivity index (χ3n) is 3.99. The minimum absolute atomic E-state index is 0.0542. The molecule has 0 radical (unpaired) electrons.